The predicted molar refractivity (Wildman–Crippen MR) is 81.3 cm³/mol. The van der Waals surface area contributed by atoms with Crippen LogP contribution in [0.2, 0.25) is 0 Å². The Labute approximate surface area is 127 Å². The smallest absolute Gasteiger partial charge is 0.270 e. The van der Waals surface area contributed by atoms with Gasteiger partial charge in [-0.05, 0) is 30.7 Å². The Morgan fingerprint density at radius 1 is 1.41 bits per heavy atom. The molecule has 6 nitrogen and oxygen atoms in total. The first-order chi connectivity index (χ1) is 10.4. The molecule has 22 heavy (non-hydrogen) atoms. The van der Waals surface area contributed by atoms with Crippen LogP contribution in [0.1, 0.15) is 27.3 Å². The third-order valence-corrected chi connectivity index (χ3v) is 3.44. The highest BCUT2D eigenvalue weighted by atomic mass is 16.6. The van der Waals surface area contributed by atoms with Gasteiger partial charge >= 0.3 is 0 Å². The quantitative estimate of drug-likeness (QED) is 0.375. The zero-order chi connectivity index (χ0) is 16.3. The number of benzene rings is 1. The lowest BCUT2D eigenvalue weighted by molar-refractivity contribution is -0.384. The number of hydrogen-bond donors (Lipinski definition) is 0. The van der Waals surface area contributed by atoms with Gasteiger partial charge in [-0.2, -0.15) is 5.26 Å². The lowest BCUT2D eigenvalue weighted by atomic mass is 10.1. The molecule has 0 aliphatic rings. The Balaban J connectivity index is 2.27. The standard InChI is InChI=1S/C16H13N3O3/c1-11-12(8-15(10-17)18(11)2)6-7-16(20)13-4-3-5-14(9-13)19(21)22/h3-9H,1-2H3/b7-6+. The van der Waals surface area contributed by atoms with Crippen LogP contribution in [0, 0.1) is 28.4 Å². The summed E-state index contributed by atoms with van der Waals surface area (Å²) in [7, 11) is 1.77. The van der Waals surface area contributed by atoms with Crippen LogP contribution in [0.3, 0.4) is 0 Å². The third-order valence-electron chi connectivity index (χ3n) is 3.44. The number of non-ortho nitro benzene ring substituents is 1. The number of hydrogen-bond acceptors (Lipinski definition) is 4. The maximum Gasteiger partial charge on any atom is 0.270 e. The van der Waals surface area contributed by atoms with E-state index in [9.17, 15) is 14.9 Å². The predicted octanol–water partition coefficient (Wildman–Crippen LogP) is 3.01. The van der Waals surface area contributed by atoms with Crippen molar-refractivity contribution in [1.29, 1.82) is 5.26 Å². The minimum atomic E-state index is -0.541. The number of aromatic nitrogens is 1. The van der Waals surface area contributed by atoms with Crippen LogP contribution in [-0.4, -0.2) is 15.3 Å². The number of nitriles is 1. The Kier molecular flexibility index (Phi) is 4.18. The molecule has 110 valence electrons. The third kappa shape index (κ3) is 2.94. The van der Waals surface area contributed by atoms with Crippen molar-refractivity contribution in [3.05, 3.63) is 69.0 Å². The maximum absolute atomic E-state index is 12.1. The second kappa shape index (κ2) is 6.06. The number of allylic oxidation sites excluding steroid dienone is 1. The fraction of sp³-hybridized carbons (Fsp3) is 0.125. The molecule has 2 aromatic rings. The maximum atomic E-state index is 12.1. The van der Waals surface area contributed by atoms with Crippen molar-refractivity contribution in [3.63, 3.8) is 0 Å². The molecule has 0 bridgehead atoms. The van der Waals surface area contributed by atoms with Gasteiger partial charge in [0.05, 0.1) is 4.92 Å². The van der Waals surface area contributed by atoms with Crippen molar-refractivity contribution in [3.8, 4) is 6.07 Å². The van der Waals surface area contributed by atoms with Gasteiger partial charge in [-0.15, -0.1) is 0 Å². The first kappa shape index (κ1) is 15.2. The Morgan fingerprint density at radius 3 is 2.73 bits per heavy atom. The number of carbonyl (C=O) groups excluding carboxylic acids is 1. The van der Waals surface area contributed by atoms with Gasteiger partial charge in [-0.25, -0.2) is 0 Å². The van der Waals surface area contributed by atoms with Gasteiger partial charge in [-0.3, -0.25) is 14.9 Å². The fourth-order valence-corrected chi connectivity index (χ4v) is 2.03. The molecule has 1 heterocycles. The van der Waals surface area contributed by atoms with E-state index < -0.39 is 4.92 Å². The molecule has 0 N–H and O–H groups in total. The van der Waals surface area contributed by atoms with Crippen LogP contribution < -0.4 is 0 Å². The monoisotopic (exact) mass is 295 g/mol. The van der Waals surface area contributed by atoms with Gasteiger partial charge in [0.1, 0.15) is 11.8 Å². The summed E-state index contributed by atoms with van der Waals surface area (Å²) >= 11 is 0. The lowest BCUT2D eigenvalue weighted by Crippen LogP contribution is -1.96. The molecule has 0 saturated heterocycles. The minimum absolute atomic E-state index is 0.123. The number of nitrogens with zero attached hydrogens (tertiary/aromatic N) is 3. The summed E-state index contributed by atoms with van der Waals surface area (Å²) < 4.78 is 1.73. The van der Waals surface area contributed by atoms with Crippen molar-refractivity contribution < 1.29 is 9.72 Å². The van der Waals surface area contributed by atoms with Crippen molar-refractivity contribution >= 4 is 17.5 Å². The van der Waals surface area contributed by atoms with Crippen molar-refractivity contribution in [2.45, 2.75) is 6.92 Å². The van der Waals surface area contributed by atoms with Gasteiger partial charge in [0.15, 0.2) is 5.78 Å². The summed E-state index contributed by atoms with van der Waals surface area (Å²) in [6.07, 6.45) is 2.96. The lowest BCUT2D eigenvalue weighted by Gasteiger charge is -1.98. The summed E-state index contributed by atoms with van der Waals surface area (Å²) in [6, 6.07) is 9.33. The summed E-state index contributed by atoms with van der Waals surface area (Å²) in [4.78, 5) is 22.3. The van der Waals surface area contributed by atoms with Crippen LogP contribution >= 0.6 is 0 Å². The molecule has 0 atom stereocenters. The molecule has 0 fully saturated rings. The van der Waals surface area contributed by atoms with Crippen LogP contribution in [0.5, 0.6) is 0 Å². The zero-order valence-corrected chi connectivity index (χ0v) is 12.1. The van der Waals surface area contributed by atoms with Crippen molar-refractivity contribution in [1.82, 2.24) is 4.57 Å². The van der Waals surface area contributed by atoms with Gasteiger partial charge < -0.3 is 4.57 Å². The molecule has 2 rings (SSSR count). The first-order valence-corrected chi connectivity index (χ1v) is 6.47. The molecule has 0 spiro atoms. The van der Waals surface area contributed by atoms with E-state index in [-0.39, 0.29) is 17.0 Å². The molecular formula is C16H13N3O3. The van der Waals surface area contributed by atoms with Crippen LogP contribution in [0.25, 0.3) is 6.08 Å². The van der Waals surface area contributed by atoms with Crippen LogP contribution in [-0.2, 0) is 7.05 Å². The number of ketones is 1. The molecule has 0 aliphatic carbocycles. The second-order valence-corrected chi connectivity index (χ2v) is 4.75. The molecule has 0 aliphatic heterocycles. The highest BCUT2D eigenvalue weighted by Gasteiger charge is 2.10. The number of carbonyl (C=O) groups is 1. The topological polar surface area (TPSA) is 88.9 Å². The molecule has 0 saturated carbocycles. The van der Waals surface area contributed by atoms with E-state index in [1.165, 1.54) is 30.3 Å². The minimum Gasteiger partial charge on any atom is -0.339 e. The van der Waals surface area contributed by atoms with Crippen LogP contribution in [0.15, 0.2) is 36.4 Å². The summed E-state index contributed by atoms with van der Waals surface area (Å²) in [6.45, 7) is 1.85. The fourth-order valence-electron chi connectivity index (χ4n) is 2.03. The first-order valence-electron chi connectivity index (χ1n) is 6.47. The molecule has 0 unspecified atom stereocenters. The average Bonchev–Trinajstić information content (AvgIpc) is 2.80. The second-order valence-electron chi connectivity index (χ2n) is 4.75. The van der Waals surface area contributed by atoms with E-state index in [1.807, 2.05) is 6.92 Å². The van der Waals surface area contributed by atoms with Crippen LogP contribution in [0.4, 0.5) is 5.69 Å². The van der Waals surface area contributed by atoms with E-state index in [0.29, 0.717) is 5.69 Å². The van der Waals surface area contributed by atoms with Crippen molar-refractivity contribution in [2.75, 3.05) is 0 Å². The molecule has 1 aromatic carbocycles. The zero-order valence-electron chi connectivity index (χ0n) is 12.1. The highest BCUT2D eigenvalue weighted by molar-refractivity contribution is 6.07. The van der Waals surface area contributed by atoms with E-state index >= 15 is 0 Å². The van der Waals surface area contributed by atoms with Crippen molar-refractivity contribution in [2.24, 2.45) is 7.05 Å². The Hall–Kier alpha value is -3.20. The number of nitro benzene ring substituents is 1. The highest BCUT2D eigenvalue weighted by Crippen LogP contribution is 2.17. The summed E-state index contributed by atoms with van der Waals surface area (Å²) in [5.41, 5.74) is 2.25. The van der Waals surface area contributed by atoms with E-state index in [4.69, 9.17) is 5.26 Å². The molecule has 6 heteroatoms. The number of nitro groups is 1. The normalized spacial score (nSPS) is 10.6. The van der Waals surface area contributed by atoms with Gasteiger partial charge in [0.2, 0.25) is 0 Å². The van der Waals surface area contributed by atoms with E-state index in [1.54, 1.807) is 23.8 Å². The summed E-state index contributed by atoms with van der Waals surface area (Å²) in [5, 5.41) is 19.7. The molecule has 0 radical (unpaired) electrons. The van der Waals surface area contributed by atoms with E-state index in [2.05, 4.69) is 6.07 Å². The molecule has 0 amide bonds. The SMILES string of the molecule is Cc1c(/C=C/C(=O)c2cccc([N+](=O)[O-])c2)cc(C#N)n1C. The van der Waals surface area contributed by atoms with Gasteiger partial charge in [0.25, 0.3) is 5.69 Å². The Bertz CT molecular complexity index is 826. The summed E-state index contributed by atoms with van der Waals surface area (Å²) in [5.74, 6) is -0.328. The number of rotatable bonds is 4. The molecule has 1 aromatic heterocycles. The van der Waals surface area contributed by atoms with E-state index in [0.717, 1.165) is 11.3 Å². The largest absolute Gasteiger partial charge is 0.339 e. The Morgan fingerprint density at radius 2 is 2.14 bits per heavy atom. The van der Waals surface area contributed by atoms with Gasteiger partial charge in [-0.1, -0.05) is 12.1 Å². The molecular weight excluding hydrogens is 282 g/mol. The van der Waals surface area contributed by atoms with Gasteiger partial charge in [0, 0.05) is 30.4 Å². The average molecular weight is 295 g/mol.